The molecule has 16 heavy (non-hydrogen) atoms. The van der Waals surface area contributed by atoms with Crippen molar-refractivity contribution < 1.29 is 23.4 Å². The maximum atomic E-state index is 12.2. The quantitative estimate of drug-likeness (QED) is 0.798. The summed E-state index contributed by atoms with van der Waals surface area (Å²) in [6, 6.07) is 0. The summed E-state index contributed by atoms with van der Waals surface area (Å²) in [4.78, 5) is 11.1. The van der Waals surface area contributed by atoms with Gasteiger partial charge in [-0.1, -0.05) is 11.6 Å². The highest BCUT2D eigenvalue weighted by Gasteiger charge is 2.42. The van der Waals surface area contributed by atoms with Crippen molar-refractivity contribution in [1.82, 2.24) is 4.57 Å². The molecule has 0 aromatic carbocycles. The predicted octanol–water partition coefficient (Wildman–Crippen LogP) is 1.34. The lowest BCUT2D eigenvalue weighted by molar-refractivity contribution is -0.209. The molecule has 0 bridgehead atoms. The van der Waals surface area contributed by atoms with Crippen LogP contribution >= 0.6 is 11.6 Å². The summed E-state index contributed by atoms with van der Waals surface area (Å²) < 4.78 is 37.4. The number of halogens is 4. The van der Waals surface area contributed by atoms with Crippen molar-refractivity contribution in [3.8, 4) is 5.75 Å². The summed E-state index contributed by atoms with van der Waals surface area (Å²) in [5, 5.41) is 17.7. The molecule has 0 saturated heterocycles. The molecule has 0 saturated carbocycles. The van der Waals surface area contributed by atoms with E-state index in [4.69, 9.17) is 16.7 Å². The number of pyridine rings is 1. The van der Waals surface area contributed by atoms with Gasteiger partial charge in [-0.15, -0.1) is 0 Å². The Bertz CT molecular complexity index is 469. The van der Waals surface area contributed by atoms with Crippen molar-refractivity contribution in [1.29, 1.82) is 0 Å². The first-order valence-electron chi connectivity index (χ1n) is 3.99. The van der Waals surface area contributed by atoms with Crippen LogP contribution in [0.15, 0.2) is 11.0 Å². The van der Waals surface area contributed by atoms with Gasteiger partial charge in [-0.3, -0.25) is 4.79 Å². The van der Waals surface area contributed by atoms with Crippen LogP contribution < -0.4 is 5.43 Å². The fourth-order valence-corrected chi connectivity index (χ4v) is 1.41. The van der Waals surface area contributed by atoms with Crippen LogP contribution in [-0.4, -0.2) is 21.0 Å². The van der Waals surface area contributed by atoms with Gasteiger partial charge in [0.25, 0.3) is 0 Å². The maximum Gasteiger partial charge on any atom is 0.420 e. The van der Waals surface area contributed by atoms with Crippen molar-refractivity contribution in [3.05, 3.63) is 27.1 Å². The van der Waals surface area contributed by atoms with E-state index < -0.39 is 34.2 Å². The molecule has 0 spiro atoms. The average Bonchev–Trinajstić information content (AvgIpc) is 2.13. The van der Waals surface area contributed by atoms with Gasteiger partial charge < -0.3 is 14.8 Å². The molecule has 1 aromatic heterocycles. The first-order chi connectivity index (χ1) is 7.16. The highest BCUT2D eigenvalue weighted by molar-refractivity contribution is 6.30. The number of aromatic nitrogens is 1. The maximum absolute atomic E-state index is 12.2. The van der Waals surface area contributed by atoms with Gasteiger partial charge >= 0.3 is 6.18 Å². The third-order valence-electron chi connectivity index (χ3n) is 1.93. The van der Waals surface area contributed by atoms with Crippen molar-refractivity contribution in [2.24, 2.45) is 7.05 Å². The van der Waals surface area contributed by atoms with Gasteiger partial charge in [0.2, 0.25) is 5.43 Å². The number of hydrogen-bond donors (Lipinski definition) is 2. The van der Waals surface area contributed by atoms with E-state index in [2.05, 4.69) is 0 Å². The molecule has 0 radical (unpaired) electrons. The molecule has 0 fully saturated rings. The van der Waals surface area contributed by atoms with Crippen molar-refractivity contribution >= 4 is 11.6 Å². The van der Waals surface area contributed by atoms with E-state index in [1.165, 1.54) is 0 Å². The van der Waals surface area contributed by atoms with Gasteiger partial charge in [0.1, 0.15) is 10.7 Å². The number of alkyl halides is 3. The highest BCUT2D eigenvalue weighted by atomic mass is 35.5. The van der Waals surface area contributed by atoms with E-state index in [0.717, 1.165) is 17.8 Å². The van der Waals surface area contributed by atoms with E-state index in [-0.39, 0.29) is 0 Å². The standard InChI is InChI=1S/C8H7ClF3NO3/c1-13-2-3(9)5(14)6(15)4(13)7(16)8(10,11)12/h2,7,15-16H,1H3. The highest BCUT2D eigenvalue weighted by Crippen LogP contribution is 2.35. The Balaban J connectivity index is 3.47. The summed E-state index contributed by atoms with van der Waals surface area (Å²) in [5.74, 6) is -1.21. The lowest BCUT2D eigenvalue weighted by Crippen LogP contribution is -2.25. The second-order valence-electron chi connectivity index (χ2n) is 3.10. The van der Waals surface area contributed by atoms with Gasteiger partial charge in [0, 0.05) is 13.2 Å². The number of nitrogens with zero attached hydrogens (tertiary/aromatic N) is 1. The molecule has 8 heteroatoms. The van der Waals surface area contributed by atoms with Crippen molar-refractivity contribution in [2.45, 2.75) is 12.3 Å². The van der Waals surface area contributed by atoms with Crippen LogP contribution in [-0.2, 0) is 7.05 Å². The summed E-state index contributed by atoms with van der Waals surface area (Å²) in [7, 11) is 1.12. The average molecular weight is 258 g/mol. The zero-order valence-corrected chi connectivity index (χ0v) is 8.67. The molecule has 2 N–H and O–H groups in total. The van der Waals surface area contributed by atoms with E-state index in [9.17, 15) is 23.1 Å². The predicted molar refractivity (Wildman–Crippen MR) is 49.4 cm³/mol. The number of aromatic hydroxyl groups is 1. The molecule has 1 heterocycles. The van der Waals surface area contributed by atoms with E-state index >= 15 is 0 Å². The number of aryl methyl sites for hydroxylation is 1. The molecule has 1 atom stereocenters. The first kappa shape index (κ1) is 12.9. The molecular formula is C8H7ClF3NO3. The SMILES string of the molecule is Cn1cc(Cl)c(=O)c(O)c1C(O)C(F)(F)F. The molecule has 1 rings (SSSR count). The molecule has 1 unspecified atom stereocenters. The van der Waals surface area contributed by atoms with Gasteiger partial charge in [0.05, 0.1) is 0 Å². The summed E-state index contributed by atoms with van der Waals surface area (Å²) in [6.07, 6.45) is -7.04. The fourth-order valence-electron chi connectivity index (χ4n) is 1.17. The van der Waals surface area contributed by atoms with Crippen LogP contribution in [0.4, 0.5) is 13.2 Å². The third kappa shape index (κ3) is 2.14. The second kappa shape index (κ2) is 3.99. The molecular weight excluding hydrogens is 251 g/mol. The second-order valence-corrected chi connectivity index (χ2v) is 3.50. The van der Waals surface area contributed by atoms with Gasteiger partial charge in [-0.25, -0.2) is 0 Å². The lowest BCUT2D eigenvalue weighted by Gasteiger charge is -2.18. The van der Waals surface area contributed by atoms with Crippen LogP contribution in [0.2, 0.25) is 5.02 Å². The van der Waals surface area contributed by atoms with E-state index in [1.54, 1.807) is 0 Å². The molecule has 0 amide bonds. The Morgan fingerprint density at radius 1 is 1.50 bits per heavy atom. The van der Waals surface area contributed by atoms with Crippen LogP contribution in [0.25, 0.3) is 0 Å². The zero-order chi connectivity index (χ0) is 12.7. The minimum absolute atomic E-state index is 0.432. The van der Waals surface area contributed by atoms with Crippen molar-refractivity contribution in [3.63, 3.8) is 0 Å². The normalized spacial score (nSPS) is 13.9. The number of aliphatic hydroxyl groups excluding tert-OH is 1. The van der Waals surface area contributed by atoms with E-state index in [0.29, 0.717) is 0 Å². The van der Waals surface area contributed by atoms with Crippen LogP contribution in [0, 0.1) is 0 Å². The van der Waals surface area contributed by atoms with Crippen molar-refractivity contribution in [2.75, 3.05) is 0 Å². The smallest absolute Gasteiger partial charge is 0.420 e. The largest absolute Gasteiger partial charge is 0.503 e. The molecule has 4 nitrogen and oxygen atoms in total. The van der Waals surface area contributed by atoms with Gasteiger partial charge in [-0.2, -0.15) is 13.2 Å². The first-order valence-corrected chi connectivity index (χ1v) is 4.36. The summed E-state index contributed by atoms with van der Waals surface area (Å²) >= 11 is 5.35. The summed E-state index contributed by atoms with van der Waals surface area (Å²) in [6.45, 7) is 0. The summed E-state index contributed by atoms with van der Waals surface area (Å²) in [5.41, 5.74) is -2.10. The molecule has 1 aromatic rings. The van der Waals surface area contributed by atoms with Crippen LogP contribution in [0.3, 0.4) is 0 Å². The minimum atomic E-state index is -4.98. The lowest BCUT2D eigenvalue weighted by atomic mass is 10.2. The number of rotatable bonds is 1. The number of aliphatic hydroxyl groups is 1. The van der Waals surface area contributed by atoms with Crippen LogP contribution in [0.5, 0.6) is 5.75 Å². The number of hydrogen-bond acceptors (Lipinski definition) is 3. The molecule has 0 aliphatic heterocycles. The topological polar surface area (TPSA) is 62.5 Å². The Kier molecular flexibility index (Phi) is 3.20. The Hall–Kier alpha value is -1.21. The Labute approximate surface area is 92.5 Å². The third-order valence-corrected chi connectivity index (χ3v) is 2.20. The molecule has 0 aliphatic rings. The fraction of sp³-hybridized carbons (Fsp3) is 0.375. The zero-order valence-electron chi connectivity index (χ0n) is 7.92. The molecule has 90 valence electrons. The molecule has 0 aliphatic carbocycles. The minimum Gasteiger partial charge on any atom is -0.503 e. The monoisotopic (exact) mass is 257 g/mol. The van der Waals surface area contributed by atoms with Gasteiger partial charge in [0.15, 0.2) is 11.9 Å². The van der Waals surface area contributed by atoms with Crippen LogP contribution in [0.1, 0.15) is 11.8 Å². The van der Waals surface area contributed by atoms with Gasteiger partial charge in [-0.05, 0) is 0 Å². The Morgan fingerprint density at radius 2 is 2.00 bits per heavy atom. The Morgan fingerprint density at radius 3 is 2.44 bits per heavy atom. The van der Waals surface area contributed by atoms with E-state index in [1.807, 2.05) is 0 Å².